The number of carbonyl (C=O) groups excluding carboxylic acids is 1. The number of likely N-dealkylation sites (N-methyl/N-ethyl adjacent to an activating group) is 2. The van der Waals surface area contributed by atoms with Crippen LogP contribution in [0.4, 0.5) is 0 Å². The Hall–Kier alpha value is -0.940. The highest BCUT2D eigenvalue weighted by atomic mass is 32.1. The molecule has 1 atom stereocenters. The van der Waals surface area contributed by atoms with Crippen LogP contribution in [-0.2, 0) is 0 Å². The van der Waals surface area contributed by atoms with E-state index in [2.05, 4.69) is 16.9 Å². The molecule has 88 valence electrons. The first-order valence-electron chi connectivity index (χ1n) is 5.52. The van der Waals surface area contributed by atoms with Gasteiger partial charge >= 0.3 is 0 Å². The van der Waals surface area contributed by atoms with E-state index in [1.54, 1.807) is 15.8 Å². The quantitative estimate of drug-likeness (QED) is 0.798. The molecule has 2 rings (SSSR count). The Labute approximate surface area is 99.9 Å². The van der Waals surface area contributed by atoms with E-state index in [1.807, 2.05) is 7.05 Å². The van der Waals surface area contributed by atoms with Crippen molar-refractivity contribution in [3.63, 3.8) is 0 Å². The molecule has 0 spiro atoms. The van der Waals surface area contributed by atoms with Gasteiger partial charge < -0.3 is 9.80 Å². The molecule has 1 saturated heterocycles. The monoisotopic (exact) mass is 239 g/mol. The molecular formula is C11H17N3OS. The third kappa shape index (κ3) is 2.41. The Morgan fingerprint density at radius 1 is 1.75 bits per heavy atom. The summed E-state index contributed by atoms with van der Waals surface area (Å²) in [6.07, 6.45) is 2.42. The lowest BCUT2D eigenvalue weighted by molar-refractivity contribution is 0.0756. The summed E-state index contributed by atoms with van der Waals surface area (Å²) < 4.78 is 0. The Balaban J connectivity index is 1.93. The van der Waals surface area contributed by atoms with Crippen LogP contribution < -0.4 is 0 Å². The van der Waals surface area contributed by atoms with Gasteiger partial charge in [0.25, 0.3) is 5.91 Å². The van der Waals surface area contributed by atoms with Crippen LogP contribution in [0.25, 0.3) is 0 Å². The van der Waals surface area contributed by atoms with Crippen LogP contribution in [-0.4, -0.2) is 53.9 Å². The van der Waals surface area contributed by atoms with Gasteiger partial charge in [0.2, 0.25) is 0 Å². The van der Waals surface area contributed by atoms with Crippen LogP contribution >= 0.6 is 11.3 Å². The first kappa shape index (κ1) is 11.5. The van der Waals surface area contributed by atoms with Gasteiger partial charge in [-0.25, -0.2) is 4.98 Å². The number of nitrogens with zero attached hydrogens (tertiary/aromatic N) is 3. The number of hydrogen-bond acceptors (Lipinski definition) is 4. The molecule has 0 bridgehead atoms. The minimum atomic E-state index is 0.0292. The molecular weight excluding hydrogens is 222 g/mol. The molecule has 1 aromatic rings. The maximum atomic E-state index is 12.0. The molecule has 1 amide bonds. The maximum Gasteiger partial charge on any atom is 0.273 e. The van der Waals surface area contributed by atoms with Crippen LogP contribution in [0, 0.1) is 0 Å². The zero-order chi connectivity index (χ0) is 11.5. The smallest absolute Gasteiger partial charge is 0.273 e. The molecule has 0 saturated carbocycles. The first-order valence-corrected chi connectivity index (χ1v) is 6.46. The van der Waals surface area contributed by atoms with E-state index in [1.165, 1.54) is 24.2 Å². The van der Waals surface area contributed by atoms with Crippen LogP contribution in [0.3, 0.4) is 0 Å². The topological polar surface area (TPSA) is 36.4 Å². The van der Waals surface area contributed by atoms with Gasteiger partial charge in [0.15, 0.2) is 0 Å². The van der Waals surface area contributed by atoms with Crippen LogP contribution in [0.1, 0.15) is 23.3 Å². The second-order valence-corrected chi connectivity index (χ2v) is 5.05. The van der Waals surface area contributed by atoms with Gasteiger partial charge in [-0.1, -0.05) is 0 Å². The van der Waals surface area contributed by atoms with Crippen molar-refractivity contribution >= 4 is 17.2 Å². The van der Waals surface area contributed by atoms with Gasteiger partial charge in [-0.2, -0.15) is 0 Å². The predicted octanol–water partition coefficient (Wildman–Crippen LogP) is 1.31. The molecule has 0 N–H and O–H groups in total. The van der Waals surface area contributed by atoms with Gasteiger partial charge in [-0.3, -0.25) is 4.79 Å². The fraction of sp³-hybridized carbons (Fsp3) is 0.636. The highest BCUT2D eigenvalue weighted by Gasteiger charge is 2.24. The second kappa shape index (κ2) is 4.93. The van der Waals surface area contributed by atoms with Crippen molar-refractivity contribution in [2.45, 2.75) is 18.9 Å². The number of likely N-dealkylation sites (tertiary alicyclic amines) is 1. The SMILES string of the molecule is CN(CC1CCCN1C)C(=O)c1cscn1. The molecule has 0 aromatic carbocycles. The minimum absolute atomic E-state index is 0.0292. The molecule has 16 heavy (non-hydrogen) atoms. The predicted molar refractivity (Wildman–Crippen MR) is 64.7 cm³/mol. The third-order valence-electron chi connectivity index (χ3n) is 3.15. The van der Waals surface area contributed by atoms with Crippen LogP contribution in [0.2, 0.25) is 0 Å². The first-order chi connectivity index (χ1) is 7.68. The summed E-state index contributed by atoms with van der Waals surface area (Å²) in [6.45, 7) is 1.94. The number of aromatic nitrogens is 1. The molecule has 1 aliphatic heterocycles. The molecule has 4 nitrogen and oxygen atoms in total. The number of carbonyl (C=O) groups is 1. The van der Waals surface area contributed by atoms with Gasteiger partial charge in [0.05, 0.1) is 5.51 Å². The summed E-state index contributed by atoms with van der Waals surface area (Å²) in [5, 5.41) is 1.80. The highest BCUT2D eigenvalue weighted by molar-refractivity contribution is 7.07. The lowest BCUT2D eigenvalue weighted by Gasteiger charge is -2.25. The van der Waals surface area contributed by atoms with Crippen LogP contribution in [0.15, 0.2) is 10.9 Å². The van der Waals surface area contributed by atoms with E-state index in [4.69, 9.17) is 0 Å². The largest absolute Gasteiger partial charge is 0.339 e. The Morgan fingerprint density at radius 2 is 2.56 bits per heavy atom. The van der Waals surface area contributed by atoms with Crippen LogP contribution in [0.5, 0.6) is 0 Å². The van der Waals surface area contributed by atoms with E-state index < -0.39 is 0 Å². The molecule has 5 heteroatoms. The maximum absolute atomic E-state index is 12.0. The van der Waals surface area contributed by atoms with Crippen molar-refractivity contribution in [2.75, 3.05) is 27.2 Å². The van der Waals surface area contributed by atoms with E-state index in [-0.39, 0.29) is 5.91 Å². The Bertz CT molecular complexity index is 352. The minimum Gasteiger partial charge on any atom is -0.339 e. The molecule has 0 aliphatic carbocycles. The summed E-state index contributed by atoms with van der Waals surface area (Å²) in [6, 6.07) is 0.507. The Morgan fingerprint density at radius 3 is 3.12 bits per heavy atom. The van der Waals surface area contributed by atoms with E-state index >= 15 is 0 Å². The zero-order valence-corrected chi connectivity index (χ0v) is 10.5. The molecule has 1 fully saturated rings. The number of rotatable bonds is 3. The summed E-state index contributed by atoms with van der Waals surface area (Å²) in [5.74, 6) is 0.0292. The van der Waals surface area contributed by atoms with Crippen molar-refractivity contribution in [1.82, 2.24) is 14.8 Å². The van der Waals surface area contributed by atoms with Gasteiger partial charge in [0.1, 0.15) is 5.69 Å². The molecule has 1 aliphatic rings. The van der Waals surface area contributed by atoms with Crippen molar-refractivity contribution in [3.05, 3.63) is 16.6 Å². The average Bonchev–Trinajstić information content (AvgIpc) is 2.89. The van der Waals surface area contributed by atoms with E-state index in [9.17, 15) is 4.79 Å². The van der Waals surface area contributed by atoms with E-state index in [0.29, 0.717) is 11.7 Å². The summed E-state index contributed by atoms with van der Waals surface area (Å²) in [4.78, 5) is 20.1. The fourth-order valence-electron chi connectivity index (χ4n) is 2.12. The standard InChI is InChI=1S/C11H17N3OS/c1-13-5-3-4-9(13)6-14(2)11(15)10-7-16-8-12-10/h7-9H,3-6H2,1-2H3. The number of amides is 1. The zero-order valence-electron chi connectivity index (χ0n) is 9.72. The lowest BCUT2D eigenvalue weighted by Crippen LogP contribution is -2.39. The molecule has 1 unspecified atom stereocenters. The highest BCUT2D eigenvalue weighted by Crippen LogP contribution is 2.16. The van der Waals surface area contributed by atoms with Gasteiger partial charge in [0, 0.05) is 25.0 Å². The van der Waals surface area contributed by atoms with Crippen molar-refractivity contribution in [1.29, 1.82) is 0 Å². The van der Waals surface area contributed by atoms with Crippen molar-refractivity contribution < 1.29 is 4.79 Å². The second-order valence-electron chi connectivity index (χ2n) is 4.34. The fourth-order valence-corrected chi connectivity index (χ4v) is 2.65. The van der Waals surface area contributed by atoms with E-state index in [0.717, 1.165) is 13.1 Å². The van der Waals surface area contributed by atoms with Gasteiger partial charge in [-0.05, 0) is 26.4 Å². The normalized spacial score (nSPS) is 21.2. The third-order valence-corrected chi connectivity index (χ3v) is 3.74. The summed E-state index contributed by atoms with van der Waals surface area (Å²) in [7, 11) is 3.98. The number of thiazole rings is 1. The lowest BCUT2D eigenvalue weighted by atomic mass is 10.2. The van der Waals surface area contributed by atoms with Crippen molar-refractivity contribution in [2.24, 2.45) is 0 Å². The summed E-state index contributed by atoms with van der Waals surface area (Å²) >= 11 is 1.46. The van der Waals surface area contributed by atoms with Crippen molar-refractivity contribution in [3.8, 4) is 0 Å². The molecule has 2 heterocycles. The average molecular weight is 239 g/mol. The summed E-state index contributed by atoms with van der Waals surface area (Å²) in [5.41, 5.74) is 2.26. The number of hydrogen-bond donors (Lipinski definition) is 0. The molecule has 0 radical (unpaired) electrons. The molecule has 1 aromatic heterocycles. The Kier molecular flexibility index (Phi) is 3.56. The van der Waals surface area contributed by atoms with Gasteiger partial charge in [-0.15, -0.1) is 11.3 Å².